The molecule has 0 amide bonds. The molecule has 0 aliphatic rings. The van der Waals surface area contributed by atoms with Gasteiger partial charge in [0.2, 0.25) is 0 Å². The van der Waals surface area contributed by atoms with Gasteiger partial charge in [0.1, 0.15) is 0 Å². The van der Waals surface area contributed by atoms with Gasteiger partial charge < -0.3 is 0 Å². The summed E-state index contributed by atoms with van der Waals surface area (Å²) in [6.07, 6.45) is 0. The van der Waals surface area contributed by atoms with Crippen LogP contribution in [0.15, 0.2) is 0 Å². The molecule has 0 aromatic heterocycles. The fourth-order valence-electron chi connectivity index (χ4n) is 0. The van der Waals surface area contributed by atoms with Crippen LogP contribution >= 0.6 is 0 Å². The summed E-state index contributed by atoms with van der Waals surface area (Å²) in [5.74, 6) is 0. The van der Waals surface area contributed by atoms with Crippen LogP contribution in [0.5, 0.6) is 0 Å². The first kappa shape index (κ1) is 55.6. The number of rotatable bonds is 0. The van der Waals surface area contributed by atoms with Gasteiger partial charge in [-0.2, -0.15) is 0 Å². The molecule has 0 N–H and O–H groups in total. The van der Waals surface area contributed by atoms with Crippen molar-refractivity contribution in [2.45, 2.75) is 156 Å². The minimum Gasteiger partial charge on any atom is -0.0709 e. The van der Waals surface area contributed by atoms with Gasteiger partial charge in [0, 0.05) is 108 Å². The molecule has 0 saturated carbocycles. The largest absolute Gasteiger partial charge is 0.0709 e. The molecule has 32 heavy (non-hydrogen) atoms. The van der Waals surface area contributed by atoms with E-state index in [1.54, 1.807) is 0 Å². The zero-order chi connectivity index (χ0) is 24.3. The van der Waals surface area contributed by atoms with Crippen molar-refractivity contribution in [3.05, 3.63) is 0 Å². The van der Waals surface area contributed by atoms with Gasteiger partial charge in [-0.05, 0) is 20.2 Å². The van der Waals surface area contributed by atoms with Crippen LogP contribution in [-0.2, 0) is 0 Å². The summed E-state index contributed by atoms with van der Waals surface area (Å²) in [7, 11) is -0.201. The maximum atomic E-state index is 2.35. The average molecular weight is 620 g/mol. The molecule has 0 nitrogen and oxygen atoms in total. The van der Waals surface area contributed by atoms with Crippen LogP contribution in [0.25, 0.3) is 0 Å². The molecule has 0 fully saturated rings. The van der Waals surface area contributed by atoms with Gasteiger partial charge in [-0.1, -0.05) is 135 Å². The Labute approximate surface area is 261 Å². The first-order valence-corrected chi connectivity index (χ1v) is 21.0. The smallest absolute Gasteiger partial charge is 0.0470 e. The van der Waals surface area contributed by atoms with Gasteiger partial charge in [0.25, 0.3) is 0 Å². The topological polar surface area (TPSA) is 0 Å². The van der Waals surface area contributed by atoms with Gasteiger partial charge >= 0.3 is 0 Å². The average Bonchev–Trinajstić information content (AvgIpc) is 2.35. The molecule has 0 saturated heterocycles. The number of hydrogen-bond donors (Lipinski definition) is 0. The molecule has 0 aromatic carbocycles. The van der Waals surface area contributed by atoms with Crippen molar-refractivity contribution in [3.63, 3.8) is 0 Å². The molecule has 0 heterocycles. The Hall–Kier alpha value is 3.15. The summed E-state index contributed by atoms with van der Waals surface area (Å²) < 4.78 is 0. The predicted octanol–water partition coefficient (Wildman–Crippen LogP) is 8.64. The zero-order valence-corrected chi connectivity index (χ0v) is 35.2. The normalized spacial score (nSPS) is 11.2. The Kier molecular flexibility index (Phi) is 42.5. The van der Waals surface area contributed by atoms with Gasteiger partial charge in [-0.3, -0.25) is 0 Å². The quantitative estimate of drug-likeness (QED) is 0.238. The first-order chi connectivity index (χ1) is 11.8. The van der Waals surface area contributed by atoms with E-state index in [0.717, 1.165) is 0 Å². The molecular formula is C24H60Ge2Li2Si4. The van der Waals surface area contributed by atoms with Crippen LogP contribution < -0.4 is 0 Å². The minimum absolute atomic E-state index is 0. The summed E-state index contributed by atoms with van der Waals surface area (Å²) in [4.78, 5) is 0. The molecule has 182 valence electrons. The third-order valence-corrected chi connectivity index (χ3v) is 18.0. The maximum Gasteiger partial charge on any atom is 0.0470 e. The summed E-state index contributed by atoms with van der Waals surface area (Å²) in [5, 5.41) is 2.41. The number of hydrogen-bond acceptors (Lipinski definition) is 0. The van der Waals surface area contributed by atoms with Crippen molar-refractivity contribution in [2.24, 2.45) is 0 Å². The van der Waals surface area contributed by atoms with Crippen molar-refractivity contribution < 1.29 is 0 Å². The summed E-state index contributed by atoms with van der Waals surface area (Å²) in [6, 6.07) is 0. The van der Waals surface area contributed by atoms with Crippen molar-refractivity contribution in [3.8, 4) is 0 Å². The van der Waals surface area contributed by atoms with Crippen LogP contribution in [0.3, 0.4) is 0 Å². The molecule has 0 aliphatic carbocycles. The second-order valence-electron chi connectivity index (χ2n) is 13.0. The molecule has 0 spiro atoms. The minimum atomic E-state index is -0.0502. The van der Waals surface area contributed by atoms with Gasteiger partial charge in [-0.15, -0.1) is 0 Å². The van der Waals surface area contributed by atoms with E-state index in [1.807, 2.05) is 0 Å². The van der Waals surface area contributed by atoms with E-state index >= 15 is 0 Å². The maximum absolute atomic E-state index is 2.35. The molecule has 0 atom stereocenters. The molecule has 0 rings (SSSR count). The van der Waals surface area contributed by atoms with Crippen LogP contribution in [0.2, 0.25) is 72.5 Å². The van der Waals surface area contributed by atoms with E-state index < -0.39 is 0 Å². The second kappa shape index (κ2) is 24.5. The van der Waals surface area contributed by atoms with Crippen molar-refractivity contribution in [1.29, 1.82) is 0 Å². The van der Waals surface area contributed by atoms with E-state index in [2.05, 4.69) is 135 Å². The molecule has 0 unspecified atom stereocenters. The second-order valence-corrected chi connectivity index (χ2v) is 27.0. The fraction of sp³-hybridized carbons (Fsp3) is 1.00. The Morgan fingerprint density at radius 2 is 0.312 bits per heavy atom. The monoisotopic (exact) mass is 622 g/mol. The Balaban J connectivity index is -0.0000000384. The summed E-state index contributed by atoms with van der Waals surface area (Å²) >= 11 is 0. The summed E-state index contributed by atoms with van der Waals surface area (Å²) in [6.45, 7) is 46.5. The molecule has 0 aliphatic heterocycles. The molecule has 14 radical (unpaired) electrons. The third-order valence-electron chi connectivity index (χ3n) is 6.00. The Morgan fingerprint density at radius 3 is 0.312 bits per heavy atom. The fourth-order valence-corrected chi connectivity index (χ4v) is 0. The Bertz CT molecular complexity index is 292. The van der Waals surface area contributed by atoms with Crippen molar-refractivity contribution in [2.75, 3.05) is 0 Å². The van der Waals surface area contributed by atoms with Crippen LogP contribution in [0.1, 0.15) is 83.1 Å². The van der Waals surface area contributed by atoms with Crippen molar-refractivity contribution in [1.82, 2.24) is 0 Å². The van der Waals surface area contributed by atoms with Crippen LogP contribution in [-0.4, -0.2) is 108 Å². The van der Waals surface area contributed by atoms with Gasteiger partial charge in [0.05, 0.1) is 0 Å². The van der Waals surface area contributed by atoms with Crippen LogP contribution in [0.4, 0.5) is 0 Å². The summed E-state index contributed by atoms with van der Waals surface area (Å²) in [5.41, 5.74) is 0. The SMILES string of the molecule is C[Si](C)C(C)(C)C.C[Si](C)C(C)(C)C.C[Si](C)C(C)(C)C.C[Si](C)C(C)(C)C.[Ge].[Ge].[Li].[Li]. The first-order valence-electron chi connectivity index (χ1n) is 11.0. The van der Waals surface area contributed by atoms with Crippen molar-refractivity contribution >= 4 is 108 Å². The van der Waals surface area contributed by atoms with E-state index in [1.165, 1.54) is 0 Å². The molecule has 8 heteroatoms. The van der Waals surface area contributed by atoms with E-state index in [4.69, 9.17) is 0 Å². The van der Waals surface area contributed by atoms with Gasteiger partial charge in [0.15, 0.2) is 0 Å². The molecule has 0 aromatic rings. The van der Waals surface area contributed by atoms with E-state index in [-0.39, 0.29) is 108 Å². The van der Waals surface area contributed by atoms with E-state index in [0.29, 0.717) is 20.2 Å². The molecular weight excluding hydrogens is 560 g/mol. The third kappa shape index (κ3) is 46.5. The van der Waals surface area contributed by atoms with Gasteiger partial charge in [-0.25, -0.2) is 0 Å². The van der Waals surface area contributed by atoms with E-state index in [9.17, 15) is 0 Å². The Morgan fingerprint density at radius 1 is 0.281 bits per heavy atom. The molecule has 0 bridgehead atoms. The zero-order valence-electron chi connectivity index (χ0n) is 27.0. The standard InChI is InChI=1S/4C6H15Si.2Ge.2Li/c4*1-6(2,3)7(4)5;;;;/h4*1-5H3;;;;. The van der Waals surface area contributed by atoms with Crippen LogP contribution in [0, 0.1) is 0 Å². The predicted molar refractivity (Wildman–Crippen MR) is 172 cm³/mol.